The third-order valence-corrected chi connectivity index (χ3v) is 2.47. The summed E-state index contributed by atoms with van der Waals surface area (Å²) in [5, 5.41) is 10.8. The Bertz CT molecular complexity index is 353. The second-order valence-corrected chi connectivity index (χ2v) is 3.33. The lowest BCUT2D eigenvalue weighted by molar-refractivity contribution is 0.272. The second kappa shape index (κ2) is 3.08. The molecule has 0 amide bonds. The van der Waals surface area contributed by atoms with Gasteiger partial charge in [-0.1, -0.05) is 6.07 Å². The fourth-order valence-electron chi connectivity index (χ4n) is 1.000. The first-order valence-corrected chi connectivity index (χ1v) is 4.47. The van der Waals surface area contributed by atoms with E-state index in [1.54, 1.807) is 17.5 Å². The van der Waals surface area contributed by atoms with Gasteiger partial charge in [0.1, 0.15) is 12.4 Å². The maximum Gasteiger partial charge on any atom is 0.132 e. The van der Waals surface area contributed by atoms with Gasteiger partial charge in [-0.3, -0.25) is 0 Å². The minimum absolute atomic E-state index is 0.0363. The van der Waals surface area contributed by atoms with Crippen LogP contribution in [0.25, 0.3) is 10.6 Å². The number of thiophene rings is 1. The Morgan fingerprint density at radius 2 is 2.50 bits per heavy atom. The van der Waals surface area contributed by atoms with Crippen LogP contribution < -0.4 is 0 Å². The summed E-state index contributed by atoms with van der Waals surface area (Å²) in [5.74, 6) is 0.610. The smallest absolute Gasteiger partial charge is 0.132 e. The van der Waals surface area contributed by atoms with Crippen LogP contribution in [-0.2, 0) is 6.61 Å². The van der Waals surface area contributed by atoms with Gasteiger partial charge in [0.2, 0.25) is 0 Å². The average Bonchev–Trinajstić information content (AvgIpc) is 2.75. The number of hydrogen-bond donors (Lipinski definition) is 2. The zero-order valence-corrected chi connectivity index (χ0v) is 7.14. The third kappa shape index (κ3) is 1.26. The van der Waals surface area contributed by atoms with Crippen molar-refractivity contribution in [2.45, 2.75) is 6.61 Å². The highest BCUT2D eigenvalue weighted by Gasteiger charge is 2.01. The Balaban J connectivity index is 2.35. The van der Waals surface area contributed by atoms with Gasteiger partial charge in [-0.15, -0.1) is 11.3 Å². The van der Waals surface area contributed by atoms with Crippen molar-refractivity contribution in [3.8, 4) is 10.6 Å². The molecule has 0 saturated carbocycles. The van der Waals surface area contributed by atoms with Crippen LogP contribution in [0.3, 0.4) is 0 Å². The second-order valence-electron chi connectivity index (χ2n) is 2.38. The number of hydrogen-bond acceptors (Lipinski definition) is 3. The van der Waals surface area contributed by atoms with Crippen molar-refractivity contribution in [3.05, 3.63) is 29.5 Å². The molecule has 4 heteroatoms. The Hall–Kier alpha value is -1.13. The molecule has 2 heterocycles. The lowest BCUT2D eigenvalue weighted by Gasteiger charge is -1.88. The first kappa shape index (κ1) is 7.52. The molecule has 0 aliphatic carbocycles. The zero-order chi connectivity index (χ0) is 8.39. The summed E-state index contributed by atoms with van der Waals surface area (Å²) in [6.45, 7) is -0.0363. The molecule has 0 atom stereocenters. The van der Waals surface area contributed by atoms with E-state index in [0.29, 0.717) is 5.82 Å². The molecule has 0 aliphatic heterocycles. The monoisotopic (exact) mass is 180 g/mol. The number of nitrogens with zero attached hydrogens (tertiary/aromatic N) is 1. The fraction of sp³-hybridized carbons (Fsp3) is 0.125. The molecule has 0 radical (unpaired) electrons. The number of aromatic nitrogens is 2. The normalized spacial score (nSPS) is 10.4. The van der Waals surface area contributed by atoms with E-state index in [2.05, 4.69) is 9.97 Å². The highest BCUT2D eigenvalue weighted by Crippen LogP contribution is 2.22. The van der Waals surface area contributed by atoms with Gasteiger partial charge in [0, 0.05) is 0 Å². The molecule has 0 aliphatic rings. The summed E-state index contributed by atoms with van der Waals surface area (Å²) in [4.78, 5) is 8.15. The lowest BCUT2D eigenvalue weighted by atomic mass is 10.4. The summed E-state index contributed by atoms with van der Waals surface area (Å²) >= 11 is 1.65. The molecule has 0 fully saturated rings. The molecule has 0 aromatic carbocycles. The predicted octanol–water partition coefficient (Wildman–Crippen LogP) is 1.63. The number of aliphatic hydroxyl groups is 1. The van der Waals surface area contributed by atoms with Crippen molar-refractivity contribution in [1.29, 1.82) is 0 Å². The Kier molecular flexibility index (Phi) is 1.93. The number of aliphatic hydroxyl groups excluding tert-OH is 1. The minimum atomic E-state index is -0.0363. The van der Waals surface area contributed by atoms with E-state index in [1.807, 2.05) is 17.5 Å². The van der Waals surface area contributed by atoms with E-state index in [-0.39, 0.29) is 6.61 Å². The Labute approximate surface area is 73.7 Å². The standard InChI is InChI=1S/C8H8N2OS/c11-5-8-9-4-6(10-8)7-2-1-3-12-7/h1-4,11H,5H2,(H,9,10). The molecule has 62 valence electrons. The Morgan fingerprint density at radius 1 is 1.58 bits per heavy atom. The van der Waals surface area contributed by atoms with Crippen LogP contribution in [0.5, 0.6) is 0 Å². The number of nitrogens with one attached hydrogen (secondary N) is 1. The van der Waals surface area contributed by atoms with Gasteiger partial charge in [0.05, 0.1) is 16.8 Å². The van der Waals surface area contributed by atoms with E-state index in [0.717, 1.165) is 10.6 Å². The van der Waals surface area contributed by atoms with Crippen molar-refractivity contribution >= 4 is 11.3 Å². The molecule has 2 aromatic heterocycles. The predicted molar refractivity (Wildman–Crippen MR) is 47.8 cm³/mol. The Morgan fingerprint density at radius 3 is 3.08 bits per heavy atom. The largest absolute Gasteiger partial charge is 0.388 e. The minimum Gasteiger partial charge on any atom is -0.388 e. The van der Waals surface area contributed by atoms with Crippen molar-refractivity contribution in [2.24, 2.45) is 0 Å². The van der Waals surface area contributed by atoms with Crippen LogP contribution in [0.15, 0.2) is 23.7 Å². The molecular formula is C8H8N2OS. The van der Waals surface area contributed by atoms with Crippen LogP contribution >= 0.6 is 11.3 Å². The van der Waals surface area contributed by atoms with Crippen LogP contribution in [0.4, 0.5) is 0 Å². The fourth-order valence-corrected chi connectivity index (χ4v) is 1.69. The molecule has 12 heavy (non-hydrogen) atoms. The molecule has 0 unspecified atom stereocenters. The first-order chi connectivity index (χ1) is 5.90. The van der Waals surface area contributed by atoms with Gasteiger partial charge in [0.15, 0.2) is 0 Å². The maximum absolute atomic E-state index is 8.76. The summed E-state index contributed by atoms with van der Waals surface area (Å²) in [5.41, 5.74) is 0.967. The van der Waals surface area contributed by atoms with Crippen molar-refractivity contribution < 1.29 is 5.11 Å². The van der Waals surface area contributed by atoms with Gasteiger partial charge in [-0.05, 0) is 11.4 Å². The van der Waals surface area contributed by atoms with Gasteiger partial charge < -0.3 is 10.1 Å². The van der Waals surface area contributed by atoms with E-state index < -0.39 is 0 Å². The highest BCUT2D eigenvalue weighted by molar-refractivity contribution is 7.13. The maximum atomic E-state index is 8.76. The highest BCUT2D eigenvalue weighted by atomic mass is 32.1. The number of aromatic amines is 1. The average molecular weight is 180 g/mol. The van der Waals surface area contributed by atoms with Crippen LogP contribution in [0.2, 0.25) is 0 Å². The lowest BCUT2D eigenvalue weighted by Crippen LogP contribution is -1.83. The van der Waals surface area contributed by atoms with E-state index in [9.17, 15) is 0 Å². The molecule has 2 N–H and O–H groups in total. The molecule has 2 rings (SSSR count). The van der Waals surface area contributed by atoms with E-state index in [4.69, 9.17) is 5.11 Å². The van der Waals surface area contributed by atoms with Gasteiger partial charge in [0.25, 0.3) is 0 Å². The molecular weight excluding hydrogens is 172 g/mol. The summed E-state index contributed by atoms with van der Waals surface area (Å²) in [7, 11) is 0. The van der Waals surface area contributed by atoms with Crippen molar-refractivity contribution in [3.63, 3.8) is 0 Å². The summed E-state index contributed by atoms with van der Waals surface area (Å²) in [6, 6.07) is 4.00. The number of imidazole rings is 1. The van der Waals surface area contributed by atoms with Gasteiger partial charge in [-0.25, -0.2) is 4.98 Å². The third-order valence-electron chi connectivity index (χ3n) is 1.56. The van der Waals surface area contributed by atoms with Crippen LogP contribution in [0, 0.1) is 0 Å². The quantitative estimate of drug-likeness (QED) is 0.738. The van der Waals surface area contributed by atoms with Crippen LogP contribution in [0.1, 0.15) is 5.82 Å². The SMILES string of the molecule is OCc1ncc(-c2cccs2)[nH]1. The molecule has 0 saturated heterocycles. The van der Waals surface area contributed by atoms with Crippen LogP contribution in [-0.4, -0.2) is 15.1 Å². The molecule has 0 spiro atoms. The van der Waals surface area contributed by atoms with Crippen molar-refractivity contribution in [2.75, 3.05) is 0 Å². The number of H-pyrrole nitrogens is 1. The zero-order valence-electron chi connectivity index (χ0n) is 6.32. The molecule has 2 aromatic rings. The molecule has 3 nitrogen and oxygen atoms in total. The first-order valence-electron chi connectivity index (χ1n) is 3.59. The number of rotatable bonds is 2. The summed E-state index contributed by atoms with van der Waals surface area (Å²) < 4.78 is 0. The van der Waals surface area contributed by atoms with Gasteiger partial charge >= 0.3 is 0 Å². The van der Waals surface area contributed by atoms with E-state index in [1.165, 1.54) is 0 Å². The molecule has 0 bridgehead atoms. The summed E-state index contributed by atoms with van der Waals surface area (Å²) in [6.07, 6.45) is 1.73. The van der Waals surface area contributed by atoms with Crippen molar-refractivity contribution in [1.82, 2.24) is 9.97 Å². The topological polar surface area (TPSA) is 48.9 Å². The van der Waals surface area contributed by atoms with Gasteiger partial charge in [-0.2, -0.15) is 0 Å². The van der Waals surface area contributed by atoms with E-state index >= 15 is 0 Å².